The summed E-state index contributed by atoms with van der Waals surface area (Å²) in [5.74, 6) is -0.679. The number of hydrogen-bond donors (Lipinski definition) is 1. The molecule has 2 aromatic rings. The van der Waals surface area contributed by atoms with Gasteiger partial charge >= 0.3 is 0 Å². The zero-order chi connectivity index (χ0) is 23.9. The molecule has 0 radical (unpaired) electrons. The summed E-state index contributed by atoms with van der Waals surface area (Å²) >= 11 is 0. The molecule has 7 nitrogen and oxygen atoms in total. The molecule has 32 heavy (non-hydrogen) atoms. The van der Waals surface area contributed by atoms with E-state index in [0.29, 0.717) is 13.0 Å². The highest BCUT2D eigenvalue weighted by molar-refractivity contribution is 7.89. The fraction of sp³-hybridized carbons (Fsp3) is 0.417. The fourth-order valence-electron chi connectivity index (χ4n) is 3.36. The third-order valence-electron chi connectivity index (χ3n) is 5.30. The number of carbonyl (C=O) groups is 2. The average molecular weight is 460 g/mol. The lowest BCUT2D eigenvalue weighted by atomic mass is 10.1. The van der Waals surface area contributed by atoms with Crippen LogP contribution in [0, 0.1) is 13.8 Å². The van der Waals surface area contributed by atoms with E-state index in [0.717, 1.165) is 21.0 Å². The van der Waals surface area contributed by atoms with Crippen LogP contribution in [0.5, 0.6) is 0 Å². The van der Waals surface area contributed by atoms with Crippen LogP contribution in [0.2, 0.25) is 0 Å². The van der Waals surface area contributed by atoms with Crippen molar-refractivity contribution in [3.05, 3.63) is 65.2 Å². The van der Waals surface area contributed by atoms with Crippen LogP contribution >= 0.6 is 0 Å². The van der Waals surface area contributed by atoms with E-state index in [2.05, 4.69) is 5.32 Å². The van der Waals surface area contributed by atoms with Gasteiger partial charge in [0, 0.05) is 20.1 Å². The van der Waals surface area contributed by atoms with Gasteiger partial charge in [0.05, 0.1) is 11.4 Å². The highest BCUT2D eigenvalue weighted by Gasteiger charge is 2.31. The second kappa shape index (κ2) is 11.2. The lowest BCUT2D eigenvalue weighted by molar-refractivity contribution is -0.141. The van der Waals surface area contributed by atoms with Gasteiger partial charge in [-0.1, -0.05) is 54.4 Å². The Balaban J connectivity index is 2.30. The molecule has 0 bridgehead atoms. The average Bonchev–Trinajstić information content (AvgIpc) is 2.75. The van der Waals surface area contributed by atoms with Crippen molar-refractivity contribution >= 4 is 21.8 Å². The predicted molar refractivity (Wildman–Crippen MR) is 125 cm³/mol. The summed E-state index contributed by atoms with van der Waals surface area (Å²) < 4.78 is 26.9. The molecule has 2 aromatic carbocycles. The SMILES string of the molecule is CCNC(=O)[C@H](CC)N(Cc1ccc(C)cc1)C(=O)CN(C)S(=O)(=O)c1ccc(C)cc1. The van der Waals surface area contributed by atoms with Crippen LogP contribution in [0.25, 0.3) is 0 Å². The number of aryl methyl sites for hydroxylation is 2. The van der Waals surface area contributed by atoms with E-state index >= 15 is 0 Å². The van der Waals surface area contributed by atoms with Gasteiger partial charge in [-0.2, -0.15) is 4.31 Å². The molecule has 8 heteroatoms. The molecule has 0 heterocycles. The number of carbonyl (C=O) groups excluding carboxylic acids is 2. The highest BCUT2D eigenvalue weighted by atomic mass is 32.2. The van der Waals surface area contributed by atoms with Crippen molar-refractivity contribution in [2.45, 2.75) is 51.6 Å². The Morgan fingerprint density at radius 1 is 0.938 bits per heavy atom. The van der Waals surface area contributed by atoms with E-state index in [4.69, 9.17) is 0 Å². The van der Waals surface area contributed by atoms with Gasteiger partial charge in [0.25, 0.3) is 0 Å². The second-order valence-corrected chi connectivity index (χ2v) is 9.94. The number of amides is 2. The summed E-state index contributed by atoms with van der Waals surface area (Å²) in [5.41, 5.74) is 2.90. The molecule has 0 saturated carbocycles. The van der Waals surface area contributed by atoms with Gasteiger partial charge in [0.2, 0.25) is 21.8 Å². The molecule has 0 saturated heterocycles. The fourth-order valence-corrected chi connectivity index (χ4v) is 4.48. The maximum atomic E-state index is 13.3. The Morgan fingerprint density at radius 2 is 1.47 bits per heavy atom. The van der Waals surface area contributed by atoms with Gasteiger partial charge in [0.1, 0.15) is 6.04 Å². The Hall–Kier alpha value is -2.71. The zero-order valence-electron chi connectivity index (χ0n) is 19.5. The molecule has 0 aliphatic carbocycles. The largest absolute Gasteiger partial charge is 0.355 e. The lowest BCUT2D eigenvalue weighted by Gasteiger charge is -2.32. The number of likely N-dealkylation sites (N-methyl/N-ethyl adjacent to an activating group) is 2. The molecule has 1 atom stereocenters. The molecule has 2 amide bonds. The van der Waals surface area contributed by atoms with Crippen LogP contribution in [0.4, 0.5) is 0 Å². The smallest absolute Gasteiger partial charge is 0.243 e. The molecule has 0 fully saturated rings. The van der Waals surface area contributed by atoms with Gasteiger partial charge in [-0.05, 0) is 44.9 Å². The first-order chi connectivity index (χ1) is 15.1. The molecule has 2 rings (SSSR count). The standard InChI is InChI=1S/C24H33N3O4S/c1-6-22(24(29)25-7-2)27(16-20-12-8-18(3)9-13-20)23(28)17-26(5)32(30,31)21-14-10-19(4)11-15-21/h8-15,22H,6-7,16-17H2,1-5H3,(H,25,29)/t22-/m0/s1. The Bertz CT molecular complexity index is 1020. The van der Waals surface area contributed by atoms with Crippen molar-refractivity contribution in [1.82, 2.24) is 14.5 Å². The molecule has 0 unspecified atom stereocenters. The van der Waals surface area contributed by atoms with E-state index in [1.807, 2.05) is 52.0 Å². The lowest BCUT2D eigenvalue weighted by Crippen LogP contribution is -2.51. The minimum absolute atomic E-state index is 0.124. The normalized spacial score (nSPS) is 12.4. The van der Waals surface area contributed by atoms with Crippen molar-refractivity contribution < 1.29 is 18.0 Å². The van der Waals surface area contributed by atoms with Gasteiger partial charge in [-0.3, -0.25) is 9.59 Å². The molecule has 0 aliphatic heterocycles. The number of sulfonamides is 1. The van der Waals surface area contributed by atoms with Crippen molar-refractivity contribution in [3.63, 3.8) is 0 Å². The quantitative estimate of drug-likeness (QED) is 0.592. The molecule has 0 aliphatic rings. The predicted octanol–water partition coefficient (Wildman–Crippen LogP) is 2.87. The number of rotatable bonds is 10. The van der Waals surface area contributed by atoms with Crippen LogP contribution in [0.3, 0.4) is 0 Å². The second-order valence-electron chi connectivity index (χ2n) is 7.90. The number of benzene rings is 2. The van der Waals surface area contributed by atoms with Crippen LogP contribution in [0.1, 0.15) is 37.0 Å². The minimum Gasteiger partial charge on any atom is -0.355 e. The summed E-state index contributed by atoms with van der Waals surface area (Å²) in [6.45, 7) is 7.80. The first kappa shape index (κ1) is 25.5. The maximum absolute atomic E-state index is 13.3. The monoisotopic (exact) mass is 459 g/mol. The maximum Gasteiger partial charge on any atom is 0.243 e. The Labute approximate surface area is 191 Å². The third kappa shape index (κ3) is 6.40. The Morgan fingerprint density at radius 3 is 1.97 bits per heavy atom. The topological polar surface area (TPSA) is 86.8 Å². The zero-order valence-corrected chi connectivity index (χ0v) is 20.3. The van der Waals surface area contributed by atoms with E-state index < -0.39 is 22.0 Å². The van der Waals surface area contributed by atoms with Crippen LogP contribution in [-0.2, 0) is 26.2 Å². The van der Waals surface area contributed by atoms with Crippen molar-refractivity contribution in [1.29, 1.82) is 0 Å². The van der Waals surface area contributed by atoms with Crippen LogP contribution < -0.4 is 5.32 Å². The molecular weight excluding hydrogens is 426 g/mol. The first-order valence-electron chi connectivity index (χ1n) is 10.8. The molecule has 174 valence electrons. The number of hydrogen-bond acceptors (Lipinski definition) is 4. The van der Waals surface area contributed by atoms with Gasteiger partial charge in [-0.25, -0.2) is 8.42 Å². The van der Waals surface area contributed by atoms with Crippen LogP contribution in [0.15, 0.2) is 53.4 Å². The Kier molecular flexibility index (Phi) is 8.98. The molecule has 0 aromatic heterocycles. The van der Waals surface area contributed by atoms with Gasteiger partial charge < -0.3 is 10.2 Å². The van der Waals surface area contributed by atoms with Gasteiger partial charge in [-0.15, -0.1) is 0 Å². The summed E-state index contributed by atoms with van der Waals surface area (Å²) in [6.07, 6.45) is 0.415. The van der Waals surface area contributed by atoms with E-state index in [1.165, 1.54) is 24.1 Å². The number of nitrogens with zero attached hydrogens (tertiary/aromatic N) is 2. The highest BCUT2D eigenvalue weighted by Crippen LogP contribution is 2.17. The van der Waals surface area contributed by atoms with Gasteiger partial charge in [0.15, 0.2) is 0 Å². The molecule has 0 spiro atoms. The van der Waals surface area contributed by atoms with E-state index in [1.54, 1.807) is 12.1 Å². The van der Waals surface area contributed by atoms with E-state index in [9.17, 15) is 18.0 Å². The van der Waals surface area contributed by atoms with Crippen LogP contribution in [-0.4, -0.2) is 55.6 Å². The summed E-state index contributed by atoms with van der Waals surface area (Å²) in [6, 6.07) is 13.5. The molecular formula is C24H33N3O4S. The summed E-state index contributed by atoms with van der Waals surface area (Å²) in [4.78, 5) is 27.6. The summed E-state index contributed by atoms with van der Waals surface area (Å²) in [5, 5.41) is 2.78. The third-order valence-corrected chi connectivity index (χ3v) is 7.12. The van der Waals surface area contributed by atoms with Crippen molar-refractivity contribution in [2.24, 2.45) is 0 Å². The molecule has 1 N–H and O–H groups in total. The van der Waals surface area contributed by atoms with E-state index in [-0.39, 0.29) is 23.9 Å². The van der Waals surface area contributed by atoms with Crippen molar-refractivity contribution in [2.75, 3.05) is 20.1 Å². The van der Waals surface area contributed by atoms with Crippen molar-refractivity contribution in [3.8, 4) is 0 Å². The first-order valence-corrected chi connectivity index (χ1v) is 12.2. The summed E-state index contributed by atoms with van der Waals surface area (Å²) in [7, 11) is -2.46. The minimum atomic E-state index is -3.84. The number of nitrogens with one attached hydrogen (secondary N) is 1.